The monoisotopic (exact) mass is 257 g/mol. The number of hydrogen-bond acceptors (Lipinski definition) is 3. The summed E-state index contributed by atoms with van der Waals surface area (Å²) in [4.78, 5) is 10.6. The number of carboxylic acids is 1. The van der Waals surface area contributed by atoms with E-state index in [1.165, 1.54) is 12.1 Å². The quantitative estimate of drug-likeness (QED) is 0.802. The molecule has 2 N–H and O–H groups in total. The van der Waals surface area contributed by atoms with E-state index >= 15 is 0 Å². The first kappa shape index (κ1) is 13.7. The van der Waals surface area contributed by atoms with Crippen LogP contribution >= 0.6 is 0 Å². The Kier molecular flexibility index (Phi) is 4.65. The maximum Gasteiger partial charge on any atom is 0.335 e. The molecule has 0 aliphatic rings. The number of sulfonamides is 1. The van der Waals surface area contributed by atoms with E-state index in [4.69, 9.17) is 5.11 Å². The number of nitrogens with one attached hydrogen (secondary N) is 1. The van der Waals surface area contributed by atoms with E-state index in [-0.39, 0.29) is 17.9 Å². The molecule has 0 atom stereocenters. The molecule has 1 rings (SSSR count). The standard InChI is InChI=1S/C11H15NO4S/c1-2-7-17(15,16)12-8-9-3-5-10(6-4-9)11(13)14/h3-6,12H,2,7-8H2,1H3,(H,13,14). The predicted octanol–water partition coefficient (Wildman–Crippen LogP) is 1.21. The van der Waals surface area contributed by atoms with Gasteiger partial charge in [0.15, 0.2) is 0 Å². The van der Waals surface area contributed by atoms with Gasteiger partial charge in [0.2, 0.25) is 10.0 Å². The van der Waals surface area contributed by atoms with E-state index in [0.717, 1.165) is 5.56 Å². The lowest BCUT2D eigenvalue weighted by atomic mass is 10.1. The molecule has 5 nitrogen and oxygen atoms in total. The molecule has 0 radical (unpaired) electrons. The zero-order valence-corrected chi connectivity index (χ0v) is 10.3. The molecule has 1 aromatic rings. The zero-order valence-electron chi connectivity index (χ0n) is 9.51. The van der Waals surface area contributed by atoms with Crippen molar-refractivity contribution in [3.8, 4) is 0 Å². The molecule has 17 heavy (non-hydrogen) atoms. The average molecular weight is 257 g/mol. The Labute approximate surface area is 101 Å². The molecular formula is C11H15NO4S. The summed E-state index contributed by atoms with van der Waals surface area (Å²) < 4.78 is 25.2. The fraction of sp³-hybridized carbons (Fsp3) is 0.364. The number of benzene rings is 1. The largest absolute Gasteiger partial charge is 0.478 e. The van der Waals surface area contributed by atoms with Gasteiger partial charge in [0.1, 0.15) is 0 Å². The predicted molar refractivity (Wildman–Crippen MR) is 64.3 cm³/mol. The molecule has 0 amide bonds. The Morgan fingerprint density at radius 1 is 1.29 bits per heavy atom. The van der Waals surface area contributed by atoms with Crippen molar-refractivity contribution >= 4 is 16.0 Å². The molecule has 0 unspecified atom stereocenters. The molecule has 0 aliphatic heterocycles. The first-order valence-electron chi connectivity index (χ1n) is 5.24. The van der Waals surface area contributed by atoms with Crippen LogP contribution in [-0.4, -0.2) is 25.2 Å². The summed E-state index contributed by atoms with van der Waals surface area (Å²) in [7, 11) is -3.22. The van der Waals surface area contributed by atoms with Gasteiger partial charge < -0.3 is 5.11 Å². The third-order valence-electron chi connectivity index (χ3n) is 2.17. The second-order valence-electron chi connectivity index (χ2n) is 3.64. The van der Waals surface area contributed by atoms with E-state index in [2.05, 4.69) is 4.72 Å². The van der Waals surface area contributed by atoms with Crippen LogP contribution in [0.5, 0.6) is 0 Å². The number of aromatic carboxylic acids is 1. The zero-order chi connectivity index (χ0) is 12.9. The molecule has 0 fully saturated rings. The summed E-state index contributed by atoms with van der Waals surface area (Å²) in [5, 5.41) is 8.69. The topological polar surface area (TPSA) is 83.5 Å². The lowest BCUT2D eigenvalue weighted by Crippen LogP contribution is -2.25. The minimum absolute atomic E-state index is 0.0974. The smallest absolute Gasteiger partial charge is 0.335 e. The lowest BCUT2D eigenvalue weighted by Gasteiger charge is -2.05. The summed E-state index contributed by atoms with van der Waals surface area (Å²) in [5.41, 5.74) is 0.917. The Morgan fingerprint density at radius 2 is 1.88 bits per heavy atom. The molecule has 0 bridgehead atoms. The van der Waals surface area contributed by atoms with Crippen LogP contribution in [0.25, 0.3) is 0 Å². The van der Waals surface area contributed by atoms with Crippen LogP contribution in [0.2, 0.25) is 0 Å². The average Bonchev–Trinajstić information content (AvgIpc) is 2.27. The van der Waals surface area contributed by atoms with Crippen molar-refractivity contribution in [3.05, 3.63) is 35.4 Å². The van der Waals surface area contributed by atoms with Gasteiger partial charge in [-0.1, -0.05) is 19.1 Å². The molecule has 0 heterocycles. The van der Waals surface area contributed by atoms with E-state index in [9.17, 15) is 13.2 Å². The van der Waals surface area contributed by atoms with Crippen molar-refractivity contribution in [2.24, 2.45) is 0 Å². The minimum atomic E-state index is -3.22. The van der Waals surface area contributed by atoms with Crippen molar-refractivity contribution in [3.63, 3.8) is 0 Å². The van der Waals surface area contributed by atoms with Crippen LogP contribution in [0.4, 0.5) is 0 Å². The lowest BCUT2D eigenvalue weighted by molar-refractivity contribution is 0.0697. The second kappa shape index (κ2) is 5.79. The number of rotatable bonds is 6. The summed E-state index contributed by atoms with van der Waals surface area (Å²) in [5.74, 6) is -0.900. The van der Waals surface area contributed by atoms with Gasteiger partial charge in [-0.05, 0) is 24.1 Å². The van der Waals surface area contributed by atoms with Gasteiger partial charge in [-0.3, -0.25) is 0 Å². The maximum atomic E-state index is 11.4. The van der Waals surface area contributed by atoms with Gasteiger partial charge in [-0.2, -0.15) is 0 Å². The Morgan fingerprint density at radius 3 is 2.35 bits per heavy atom. The summed E-state index contributed by atoms with van der Waals surface area (Å²) in [6.07, 6.45) is 0.563. The van der Waals surface area contributed by atoms with E-state index < -0.39 is 16.0 Å². The van der Waals surface area contributed by atoms with Gasteiger partial charge in [-0.15, -0.1) is 0 Å². The first-order chi connectivity index (χ1) is 7.94. The Balaban J connectivity index is 2.62. The maximum absolute atomic E-state index is 11.4. The molecule has 94 valence electrons. The number of carbonyl (C=O) groups is 1. The van der Waals surface area contributed by atoms with Gasteiger partial charge in [0.25, 0.3) is 0 Å². The highest BCUT2D eigenvalue weighted by Gasteiger charge is 2.08. The SMILES string of the molecule is CCCS(=O)(=O)NCc1ccc(C(=O)O)cc1. The van der Waals surface area contributed by atoms with Crippen molar-refractivity contribution in [2.75, 3.05) is 5.75 Å². The third kappa shape index (κ3) is 4.54. The van der Waals surface area contributed by atoms with Crippen LogP contribution in [0, 0.1) is 0 Å². The van der Waals surface area contributed by atoms with Crippen LogP contribution in [0.3, 0.4) is 0 Å². The fourth-order valence-electron chi connectivity index (χ4n) is 1.30. The molecule has 0 saturated carbocycles. The Bertz CT molecular complexity index is 479. The van der Waals surface area contributed by atoms with Crippen molar-refractivity contribution in [2.45, 2.75) is 19.9 Å². The van der Waals surface area contributed by atoms with Crippen molar-refractivity contribution in [1.29, 1.82) is 0 Å². The summed E-state index contributed by atoms with van der Waals surface area (Å²) in [6, 6.07) is 6.09. The van der Waals surface area contributed by atoms with Crippen LogP contribution in [0.1, 0.15) is 29.3 Å². The van der Waals surface area contributed by atoms with Gasteiger partial charge in [0, 0.05) is 6.54 Å². The molecular weight excluding hydrogens is 242 g/mol. The number of carboxylic acid groups (broad SMARTS) is 1. The third-order valence-corrected chi connectivity index (χ3v) is 3.70. The molecule has 0 spiro atoms. The van der Waals surface area contributed by atoms with Gasteiger partial charge >= 0.3 is 5.97 Å². The van der Waals surface area contributed by atoms with Crippen LogP contribution in [0.15, 0.2) is 24.3 Å². The van der Waals surface area contributed by atoms with Crippen LogP contribution in [-0.2, 0) is 16.6 Å². The molecule has 0 saturated heterocycles. The first-order valence-corrected chi connectivity index (χ1v) is 6.89. The summed E-state index contributed by atoms with van der Waals surface area (Å²) >= 11 is 0. The molecule has 0 aromatic heterocycles. The minimum Gasteiger partial charge on any atom is -0.478 e. The summed E-state index contributed by atoms with van der Waals surface area (Å²) in [6.45, 7) is 1.98. The van der Waals surface area contributed by atoms with Gasteiger partial charge in [0.05, 0.1) is 11.3 Å². The van der Waals surface area contributed by atoms with Gasteiger partial charge in [-0.25, -0.2) is 17.9 Å². The van der Waals surface area contributed by atoms with Crippen molar-refractivity contribution < 1.29 is 18.3 Å². The van der Waals surface area contributed by atoms with Crippen molar-refractivity contribution in [1.82, 2.24) is 4.72 Å². The highest BCUT2D eigenvalue weighted by Crippen LogP contribution is 2.04. The Hall–Kier alpha value is -1.40. The van der Waals surface area contributed by atoms with Crippen LogP contribution < -0.4 is 4.72 Å². The second-order valence-corrected chi connectivity index (χ2v) is 5.57. The normalized spacial score (nSPS) is 11.4. The molecule has 6 heteroatoms. The molecule has 0 aliphatic carbocycles. The number of hydrogen-bond donors (Lipinski definition) is 2. The highest BCUT2D eigenvalue weighted by molar-refractivity contribution is 7.89. The highest BCUT2D eigenvalue weighted by atomic mass is 32.2. The van der Waals surface area contributed by atoms with E-state index in [1.54, 1.807) is 19.1 Å². The fourth-order valence-corrected chi connectivity index (χ4v) is 2.37. The molecule has 1 aromatic carbocycles. The van der Waals surface area contributed by atoms with E-state index in [0.29, 0.717) is 6.42 Å². The van der Waals surface area contributed by atoms with E-state index in [1.807, 2.05) is 0 Å².